The maximum Gasteiger partial charge on any atom is 0.180 e. The van der Waals surface area contributed by atoms with Crippen LogP contribution in [0.5, 0.6) is 5.75 Å². The molecule has 0 N–H and O–H groups in total. The highest BCUT2D eigenvalue weighted by atomic mass is 16.5. The predicted molar refractivity (Wildman–Crippen MR) is 75.1 cm³/mol. The SMILES string of the molecule is CCCCOc1ccc(C(=O)C(C#N)C(C)C)cc1. The van der Waals surface area contributed by atoms with E-state index in [-0.39, 0.29) is 11.7 Å². The fourth-order valence-electron chi connectivity index (χ4n) is 1.74. The number of ether oxygens (including phenoxy) is 1. The van der Waals surface area contributed by atoms with Gasteiger partial charge >= 0.3 is 0 Å². The van der Waals surface area contributed by atoms with E-state index < -0.39 is 5.92 Å². The van der Waals surface area contributed by atoms with Crippen LogP contribution in [0.2, 0.25) is 0 Å². The lowest BCUT2D eigenvalue weighted by Gasteiger charge is -2.12. The number of carbonyl (C=O) groups excluding carboxylic acids is 1. The van der Waals surface area contributed by atoms with Gasteiger partial charge in [-0.3, -0.25) is 4.79 Å². The van der Waals surface area contributed by atoms with Gasteiger partial charge in [-0.1, -0.05) is 27.2 Å². The predicted octanol–water partition coefficient (Wildman–Crippen LogP) is 3.84. The Morgan fingerprint density at radius 1 is 1.32 bits per heavy atom. The average molecular weight is 259 g/mol. The van der Waals surface area contributed by atoms with Gasteiger partial charge in [0.2, 0.25) is 0 Å². The monoisotopic (exact) mass is 259 g/mol. The smallest absolute Gasteiger partial charge is 0.180 e. The summed E-state index contributed by atoms with van der Waals surface area (Å²) >= 11 is 0. The first kappa shape index (κ1) is 15.2. The van der Waals surface area contributed by atoms with Crippen molar-refractivity contribution >= 4 is 5.78 Å². The second kappa shape index (κ2) is 7.58. The van der Waals surface area contributed by atoms with Gasteiger partial charge < -0.3 is 4.74 Å². The molecule has 0 saturated carbocycles. The van der Waals surface area contributed by atoms with Crippen molar-refractivity contribution in [2.75, 3.05) is 6.61 Å². The molecule has 1 aromatic carbocycles. The third-order valence-electron chi connectivity index (χ3n) is 2.99. The van der Waals surface area contributed by atoms with Crippen LogP contribution in [-0.4, -0.2) is 12.4 Å². The largest absolute Gasteiger partial charge is 0.494 e. The van der Waals surface area contributed by atoms with Crippen LogP contribution in [0, 0.1) is 23.2 Å². The lowest BCUT2D eigenvalue weighted by Crippen LogP contribution is -2.18. The zero-order chi connectivity index (χ0) is 14.3. The summed E-state index contributed by atoms with van der Waals surface area (Å²) in [6.45, 7) is 6.57. The number of ketones is 1. The van der Waals surface area contributed by atoms with Gasteiger partial charge in [-0.2, -0.15) is 5.26 Å². The quantitative estimate of drug-likeness (QED) is 0.552. The van der Waals surface area contributed by atoms with Crippen LogP contribution < -0.4 is 4.74 Å². The van der Waals surface area contributed by atoms with Crippen LogP contribution in [0.1, 0.15) is 44.0 Å². The normalized spacial score (nSPS) is 11.9. The van der Waals surface area contributed by atoms with Crippen LogP contribution in [0.4, 0.5) is 0 Å². The van der Waals surface area contributed by atoms with E-state index in [9.17, 15) is 4.79 Å². The molecule has 0 aromatic heterocycles. The number of nitriles is 1. The number of unbranched alkanes of at least 4 members (excludes halogenated alkanes) is 1. The molecule has 0 spiro atoms. The first-order valence-corrected chi connectivity index (χ1v) is 6.76. The molecular weight excluding hydrogens is 238 g/mol. The summed E-state index contributed by atoms with van der Waals surface area (Å²) in [5.74, 6) is 0.102. The molecule has 1 unspecified atom stereocenters. The van der Waals surface area contributed by atoms with E-state index in [4.69, 9.17) is 10.00 Å². The molecule has 0 fully saturated rings. The summed E-state index contributed by atoms with van der Waals surface area (Å²) in [5.41, 5.74) is 0.572. The van der Waals surface area contributed by atoms with E-state index in [1.165, 1.54) is 0 Å². The van der Waals surface area contributed by atoms with Gasteiger partial charge in [-0.25, -0.2) is 0 Å². The van der Waals surface area contributed by atoms with E-state index in [0.717, 1.165) is 18.6 Å². The Morgan fingerprint density at radius 3 is 2.42 bits per heavy atom. The number of benzene rings is 1. The Morgan fingerprint density at radius 2 is 1.95 bits per heavy atom. The fraction of sp³-hybridized carbons (Fsp3) is 0.500. The van der Waals surface area contributed by atoms with Crippen molar-refractivity contribution < 1.29 is 9.53 Å². The molecule has 3 nitrogen and oxygen atoms in total. The molecule has 0 aliphatic heterocycles. The molecular formula is C16H21NO2. The highest BCUT2D eigenvalue weighted by Gasteiger charge is 2.22. The van der Waals surface area contributed by atoms with Gasteiger partial charge in [0.15, 0.2) is 5.78 Å². The molecule has 0 bridgehead atoms. The molecule has 3 heteroatoms. The standard InChI is InChI=1S/C16H21NO2/c1-4-5-10-19-14-8-6-13(7-9-14)16(18)15(11-17)12(2)3/h6-9,12,15H,4-5,10H2,1-3H3. The maximum atomic E-state index is 12.1. The highest BCUT2D eigenvalue weighted by Crippen LogP contribution is 2.19. The first-order chi connectivity index (χ1) is 9.10. The Labute approximate surface area is 115 Å². The highest BCUT2D eigenvalue weighted by molar-refractivity contribution is 5.99. The molecule has 0 aliphatic rings. The van der Waals surface area contributed by atoms with Crippen LogP contribution >= 0.6 is 0 Å². The van der Waals surface area contributed by atoms with E-state index >= 15 is 0 Å². The molecule has 1 aromatic rings. The molecule has 0 saturated heterocycles. The first-order valence-electron chi connectivity index (χ1n) is 6.76. The Hall–Kier alpha value is -1.82. The summed E-state index contributed by atoms with van der Waals surface area (Å²) in [5, 5.41) is 9.03. The van der Waals surface area contributed by atoms with Gasteiger partial charge in [0.1, 0.15) is 11.7 Å². The van der Waals surface area contributed by atoms with E-state index in [0.29, 0.717) is 12.2 Å². The summed E-state index contributed by atoms with van der Waals surface area (Å²) in [4.78, 5) is 12.1. The molecule has 1 atom stereocenters. The van der Waals surface area contributed by atoms with Gasteiger partial charge in [0.25, 0.3) is 0 Å². The second-order valence-corrected chi connectivity index (χ2v) is 4.94. The minimum Gasteiger partial charge on any atom is -0.494 e. The lowest BCUT2D eigenvalue weighted by molar-refractivity contribution is 0.0924. The van der Waals surface area contributed by atoms with Crippen molar-refractivity contribution in [3.8, 4) is 11.8 Å². The third-order valence-corrected chi connectivity index (χ3v) is 2.99. The van der Waals surface area contributed by atoms with Crippen LogP contribution in [0.3, 0.4) is 0 Å². The van der Waals surface area contributed by atoms with Crippen molar-refractivity contribution in [2.24, 2.45) is 11.8 Å². The molecule has 102 valence electrons. The summed E-state index contributed by atoms with van der Waals surface area (Å²) in [6, 6.07) is 9.12. The van der Waals surface area contributed by atoms with Gasteiger partial charge in [-0.05, 0) is 36.6 Å². The number of hydrogen-bond acceptors (Lipinski definition) is 3. The van der Waals surface area contributed by atoms with Crippen molar-refractivity contribution in [1.29, 1.82) is 5.26 Å². The molecule has 19 heavy (non-hydrogen) atoms. The molecule has 1 rings (SSSR count). The van der Waals surface area contributed by atoms with Crippen molar-refractivity contribution in [1.82, 2.24) is 0 Å². The van der Waals surface area contributed by atoms with Crippen LogP contribution in [0.25, 0.3) is 0 Å². The second-order valence-electron chi connectivity index (χ2n) is 4.94. The average Bonchev–Trinajstić information content (AvgIpc) is 2.40. The molecule has 0 amide bonds. The molecule has 0 radical (unpaired) electrons. The summed E-state index contributed by atoms with van der Waals surface area (Å²) in [7, 11) is 0. The topological polar surface area (TPSA) is 50.1 Å². The minimum atomic E-state index is -0.577. The molecule has 0 aliphatic carbocycles. The van der Waals surface area contributed by atoms with E-state index in [2.05, 4.69) is 13.0 Å². The number of Topliss-reactive ketones (excluding diaryl/α,β-unsaturated/α-hetero) is 1. The lowest BCUT2D eigenvalue weighted by atomic mass is 9.89. The van der Waals surface area contributed by atoms with Crippen LogP contribution in [0.15, 0.2) is 24.3 Å². The summed E-state index contributed by atoms with van der Waals surface area (Å²) < 4.78 is 5.54. The maximum absolute atomic E-state index is 12.1. The Balaban J connectivity index is 2.70. The van der Waals surface area contributed by atoms with Gasteiger partial charge in [0.05, 0.1) is 12.7 Å². The zero-order valence-electron chi connectivity index (χ0n) is 11.8. The third kappa shape index (κ3) is 4.40. The van der Waals surface area contributed by atoms with Gasteiger partial charge in [-0.15, -0.1) is 0 Å². The van der Waals surface area contributed by atoms with Crippen LogP contribution in [-0.2, 0) is 0 Å². The minimum absolute atomic E-state index is 0.0259. The molecule has 0 heterocycles. The summed E-state index contributed by atoms with van der Waals surface area (Å²) in [6.07, 6.45) is 2.11. The van der Waals surface area contributed by atoms with Crippen molar-refractivity contribution in [3.63, 3.8) is 0 Å². The Bertz CT molecular complexity index is 443. The number of hydrogen-bond donors (Lipinski definition) is 0. The van der Waals surface area contributed by atoms with Crippen molar-refractivity contribution in [2.45, 2.75) is 33.6 Å². The number of nitrogens with zero attached hydrogens (tertiary/aromatic N) is 1. The zero-order valence-corrected chi connectivity index (χ0v) is 11.8. The number of rotatable bonds is 7. The fourth-order valence-corrected chi connectivity index (χ4v) is 1.74. The van der Waals surface area contributed by atoms with E-state index in [1.54, 1.807) is 24.3 Å². The Kier molecular flexibility index (Phi) is 6.08. The van der Waals surface area contributed by atoms with Gasteiger partial charge in [0, 0.05) is 5.56 Å². The number of carbonyl (C=O) groups is 1. The van der Waals surface area contributed by atoms with E-state index in [1.807, 2.05) is 13.8 Å². The van der Waals surface area contributed by atoms with Crippen molar-refractivity contribution in [3.05, 3.63) is 29.8 Å².